The van der Waals surface area contributed by atoms with Crippen molar-refractivity contribution < 1.29 is 23.1 Å². The molecule has 9 nitrogen and oxygen atoms in total. The lowest BCUT2D eigenvalue weighted by Gasteiger charge is -2.17. The summed E-state index contributed by atoms with van der Waals surface area (Å²) in [6.07, 6.45) is 0.127. The standard InChI is InChI=1S/C14H18F2N6O3/c15-13(11(23)9(17)1-7-3-19-5-21-7)25-14(16)12(24)10(18)2-8-4-20-6-22-8/h3-6,9-10,13-14H,1-2,17-18H2,(H,19,21)(H,20,22)/t9-,10-,13?,14?/m0/s1. The number of Topliss-reactive ketones (excluding diaryl/α,β-unsaturated/α-hetero) is 2. The van der Waals surface area contributed by atoms with Crippen molar-refractivity contribution in [1.29, 1.82) is 0 Å². The fraction of sp³-hybridized carbons (Fsp3) is 0.429. The number of halogens is 2. The molecule has 136 valence electrons. The minimum atomic E-state index is -2.68. The van der Waals surface area contributed by atoms with E-state index in [0.717, 1.165) is 0 Å². The molecule has 2 aromatic rings. The lowest BCUT2D eigenvalue weighted by Crippen LogP contribution is -2.44. The first-order valence-electron chi connectivity index (χ1n) is 7.35. The molecule has 0 spiro atoms. The first-order valence-corrected chi connectivity index (χ1v) is 7.35. The Kier molecular flexibility index (Phi) is 6.44. The molecule has 0 radical (unpaired) electrons. The van der Waals surface area contributed by atoms with Crippen molar-refractivity contribution in [2.24, 2.45) is 11.5 Å². The number of hydrogen-bond donors (Lipinski definition) is 4. The van der Waals surface area contributed by atoms with Crippen LogP contribution in [0.3, 0.4) is 0 Å². The van der Waals surface area contributed by atoms with Crippen molar-refractivity contribution in [3.05, 3.63) is 36.4 Å². The number of H-pyrrole nitrogens is 2. The Morgan fingerprint density at radius 2 is 1.36 bits per heavy atom. The van der Waals surface area contributed by atoms with Gasteiger partial charge in [0.25, 0.3) is 12.7 Å². The molecule has 4 atom stereocenters. The second-order valence-electron chi connectivity index (χ2n) is 5.35. The van der Waals surface area contributed by atoms with Gasteiger partial charge in [-0.1, -0.05) is 0 Å². The molecule has 2 rings (SSSR count). The molecular weight excluding hydrogens is 338 g/mol. The molecule has 0 amide bonds. The van der Waals surface area contributed by atoms with Gasteiger partial charge in [-0.2, -0.15) is 0 Å². The van der Waals surface area contributed by atoms with Crippen LogP contribution in [-0.4, -0.2) is 56.3 Å². The molecule has 0 fully saturated rings. The summed E-state index contributed by atoms with van der Waals surface area (Å²) in [6.45, 7) is 0. The van der Waals surface area contributed by atoms with Crippen molar-refractivity contribution in [1.82, 2.24) is 19.9 Å². The Morgan fingerprint density at radius 3 is 1.68 bits per heavy atom. The van der Waals surface area contributed by atoms with E-state index in [4.69, 9.17) is 11.5 Å². The van der Waals surface area contributed by atoms with E-state index < -0.39 is 36.4 Å². The monoisotopic (exact) mass is 356 g/mol. The summed E-state index contributed by atoms with van der Waals surface area (Å²) in [5, 5.41) is 0. The summed E-state index contributed by atoms with van der Waals surface area (Å²) in [6, 6.07) is -2.56. The highest BCUT2D eigenvalue weighted by molar-refractivity contribution is 5.89. The van der Waals surface area contributed by atoms with E-state index in [9.17, 15) is 18.4 Å². The van der Waals surface area contributed by atoms with Crippen molar-refractivity contribution in [3.63, 3.8) is 0 Å². The maximum Gasteiger partial charge on any atom is 0.262 e. The molecule has 25 heavy (non-hydrogen) atoms. The number of carbonyl (C=O) groups excluding carboxylic acids is 2. The lowest BCUT2D eigenvalue weighted by molar-refractivity contribution is -0.175. The first-order chi connectivity index (χ1) is 11.9. The summed E-state index contributed by atoms with van der Waals surface area (Å²) in [7, 11) is 0. The number of aromatic nitrogens is 4. The van der Waals surface area contributed by atoms with E-state index in [2.05, 4.69) is 24.7 Å². The van der Waals surface area contributed by atoms with E-state index in [0.29, 0.717) is 11.4 Å². The average molecular weight is 356 g/mol. The third kappa shape index (κ3) is 5.24. The summed E-state index contributed by atoms with van der Waals surface area (Å²) < 4.78 is 31.8. The normalized spacial score (nSPS) is 16.2. The van der Waals surface area contributed by atoms with Crippen LogP contribution in [0.2, 0.25) is 0 Å². The van der Waals surface area contributed by atoms with E-state index in [1.54, 1.807) is 0 Å². The molecule has 0 bridgehead atoms. The number of hydrogen-bond acceptors (Lipinski definition) is 7. The molecule has 0 aliphatic carbocycles. The number of imidazole rings is 2. The molecule has 6 N–H and O–H groups in total. The van der Waals surface area contributed by atoms with Crippen LogP contribution in [0, 0.1) is 0 Å². The van der Waals surface area contributed by atoms with Crippen molar-refractivity contribution in [2.45, 2.75) is 37.6 Å². The minimum absolute atomic E-state index is 0.0349. The van der Waals surface area contributed by atoms with Gasteiger partial charge in [-0.15, -0.1) is 0 Å². The fourth-order valence-corrected chi connectivity index (χ4v) is 2.04. The van der Waals surface area contributed by atoms with Gasteiger partial charge in [-0.3, -0.25) is 9.59 Å². The predicted octanol–water partition coefficient (Wildman–Crippen LogP) is -0.681. The van der Waals surface area contributed by atoms with Crippen LogP contribution in [0.5, 0.6) is 0 Å². The van der Waals surface area contributed by atoms with E-state index in [1.807, 2.05) is 0 Å². The maximum absolute atomic E-state index is 13.8. The number of nitrogens with zero attached hydrogens (tertiary/aromatic N) is 2. The summed E-state index contributed by atoms with van der Waals surface area (Å²) in [5.41, 5.74) is 12.1. The van der Waals surface area contributed by atoms with E-state index in [-0.39, 0.29) is 12.8 Å². The predicted molar refractivity (Wildman–Crippen MR) is 81.4 cm³/mol. The Morgan fingerprint density at radius 1 is 0.960 bits per heavy atom. The number of aromatic amines is 2. The number of rotatable bonds is 10. The smallest absolute Gasteiger partial charge is 0.262 e. The Hall–Kier alpha value is -2.50. The molecule has 0 aromatic carbocycles. The fourth-order valence-electron chi connectivity index (χ4n) is 2.04. The average Bonchev–Trinajstić information content (AvgIpc) is 3.26. The van der Waals surface area contributed by atoms with E-state index >= 15 is 0 Å². The largest absolute Gasteiger partial charge is 0.348 e. The van der Waals surface area contributed by atoms with Crippen LogP contribution in [0.25, 0.3) is 0 Å². The summed E-state index contributed by atoms with van der Waals surface area (Å²) >= 11 is 0. The molecule has 0 saturated heterocycles. The third-order valence-corrected chi connectivity index (χ3v) is 3.41. The molecule has 2 aromatic heterocycles. The zero-order valence-electron chi connectivity index (χ0n) is 13.1. The second kappa shape index (κ2) is 8.55. The lowest BCUT2D eigenvalue weighted by atomic mass is 10.1. The summed E-state index contributed by atoms with van der Waals surface area (Å²) in [5.74, 6) is -2.38. The highest BCUT2D eigenvalue weighted by Crippen LogP contribution is 2.10. The molecule has 2 unspecified atom stereocenters. The third-order valence-electron chi connectivity index (χ3n) is 3.41. The van der Waals surface area contributed by atoms with Gasteiger partial charge < -0.3 is 26.2 Å². The molecule has 0 saturated carbocycles. The van der Waals surface area contributed by atoms with Gasteiger partial charge in [0, 0.05) is 36.6 Å². The highest BCUT2D eigenvalue weighted by atomic mass is 19.2. The number of alkyl halides is 2. The number of ketones is 2. The van der Waals surface area contributed by atoms with Gasteiger partial charge >= 0.3 is 0 Å². The van der Waals surface area contributed by atoms with Crippen LogP contribution < -0.4 is 11.5 Å². The van der Waals surface area contributed by atoms with Crippen molar-refractivity contribution in [2.75, 3.05) is 0 Å². The van der Waals surface area contributed by atoms with Crippen LogP contribution in [0.1, 0.15) is 11.4 Å². The Bertz CT molecular complexity index is 621. The minimum Gasteiger partial charge on any atom is -0.348 e. The van der Waals surface area contributed by atoms with Gasteiger partial charge in [0.2, 0.25) is 11.6 Å². The topological polar surface area (TPSA) is 153 Å². The van der Waals surface area contributed by atoms with Gasteiger partial charge in [0.15, 0.2) is 0 Å². The SMILES string of the molecule is N[C@@H](Cc1cnc[nH]1)C(=O)C(F)OC(F)C(=O)[C@@H](N)Cc1cnc[nH]1. The zero-order chi connectivity index (χ0) is 18.4. The second-order valence-corrected chi connectivity index (χ2v) is 5.35. The number of nitrogens with two attached hydrogens (primary N) is 2. The number of nitrogens with one attached hydrogen (secondary N) is 2. The van der Waals surface area contributed by atoms with E-state index in [1.165, 1.54) is 25.0 Å². The van der Waals surface area contributed by atoms with Crippen molar-refractivity contribution >= 4 is 11.6 Å². The number of carbonyl (C=O) groups is 2. The quantitative estimate of drug-likeness (QED) is 0.440. The molecule has 2 heterocycles. The van der Waals surface area contributed by atoms with Gasteiger partial charge in [-0.25, -0.2) is 18.7 Å². The van der Waals surface area contributed by atoms with Crippen LogP contribution in [-0.2, 0) is 27.2 Å². The molecule has 0 aliphatic heterocycles. The molecular formula is C14H18F2N6O3. The van der Waals surface area contributed by atoms with Gasteiger partial charge in [0.1, 0.15) is 0 Å². The number of ether oxygens (including phenoxy) is 1. The van der Waals surface area contributed by atoms with Gasteiger partial charge in [-0.05, 0) is 0 Å². The molecule has 0 aliphatic rings. The van der Waals surface area contributed by atoms with Gasteiger partial charge in [0.05, 0.1) is 24.7 Å². The zero-order valence-corrected chi connectivity index (χ0v) is 13.1. The van der Waals surface area contributed by atoms with Crippen LogP contribution in [0.4, 0.5) is 8.78 Å². The Labute approximate surface area is 141 Å². The van der Waals surface area contributed by atoms with Crippen LogP contribution in [0.15, 0.2) is 25.0 Å². The summed E-state index contributed by atoms with van der Waals surface area (Å²) in [4.78, 5) is 36.4. The van der Waals surface area contributed by atoms with Crippen molar-refractivity contribution in [3.8, 4) is 0 Å². The van der Waals surface area contributed by atoms with Crippen LogP contribution >= 0.6 is 0 Å². The molecule has 11 heteroatoms. The Balaban J connectivity index is 1.84. The first kappa shape index (κ1) is 18.8. The maximum atomic E-state index is 13.8. The highest BCUT2D eigenvalue weighted by Gasteiger charge is 2.33.